The molecule has 1 aliphatic rings. The summed E-state index contributed by atoms with van der Waals surface area (Å²) in [5.41, 5.74) is -0.851. The molecule has 1 amide bonds. The average Bonchev–Trinajstić information content (AvgIpc) is 2.85. The Kier molecular flexibility index (Phi) is 5.91. The molecule has 5 atom stereocenters. The zero-order chi connectivity index (χ0) is 21.2. The minimum absolute atomic E-state index is 0.0333. The second kappa shape index (κ2) is 8.02. The van der Waals surface area contributed by atoms with E-state index >= 15 is 4.39 Å². The summed E-state index contributed by atoms with van der Waals surface area (Å²) in [5.74, 6) is -1.70. The summed E-state index contributed by atoms with van der Waals surface area (Å²) in [6.45, 7) is 6.22. The molecule has 27 heavy (non-hydrogen) atoms. The molecule has 8 nitrogen and oxygen atoms in total. The molecule has 10 heteroatoms. The summed E-state index contributed by atoms with van der Waals surface area (Å²) < 4.78 is 34.7. The van der Waals surface area contributed by atoms with Crippen molar-refractivity contribution in [2.45, 2.75) is 58.4 Å². The number of amides is 1. The van der Waals surface area contributed by atoms with Crippen molar-refractivity contribution in [2.24, 2.45) is 11.8 Å². The predicted molar refractivity (Wildman–Crippen MR) is 99.8 cm³/mol. The predicted octanol–water partition coefficient (Wildman–Crippen LogP) is 1.86. The molecule has 150 valence electrons. The summed E-state index contributed by atoms with van der Waals surface area (Å²) in [4.78, 5) is 39.8. The number of halogens is 1. The number of anilines is 1. The van der Waals surface area contributed by atoms with E-state index in [2.05, 4.69) is 10.3 Å². The number of alkyl halides is 1. The van der Waals surface area contributed by atoms with Crippen LogP contribution in [0.4, 0.5) is 10.2 Å². The smallest absolute Gasteiger partial charge is 0.351 e. The third-order valence-corrected chi connectivity index (χ3v) is 4.64. The van der Waals surface area contributed by atoms with Gasteiger partial charge in [-0.3, -0.25) is 14.2 Å². The van der Waals surface area contributed by atoms with Gasteiger partial charge in [-0.25, -0.2) is 9.18 Å². The lowest BCUT2D eigenvalue weighted by Gasteiger charge is -2.27. The number of nitrogens with zero attached hydrogens (tertiary/aromatic N) is 2. The molecule has 2 rings (SSSR count). The van der Waals surface area contributed by atoms with E-state index in [9.17, 15) is 14.4 Å². The van der Waals surface area contributed by atoms with Crippen LogP contribution in [0.1, 0.15) is 42.2 Å². The molecule has 1 saturated heterocycles. The number of carbonyl (C=O) groups is 2. The molecule has 0 aromatic carbocycles. The van der Waals surface area contributed by atoms with Crippen molar-refractivity contribution in [1.82, 2.24) is 9.55 Å². The van der Waals surface area contributed by atoms with Gasteiger partial charge in [-0.1, -0.05) is 36.9 Å². The van der Waals surface area contributed by atoms with E-state index in [0.717, 1.165) is 4.57 Å². The average molecular weight is 402 g/mol. The number of carbonyl (C=O) groups excluding carboxylic acids is 2. The Labute approximate surface area is 160 Å². The fourth-order valence-electron chi connectivity index (χ4n) is 2.40. The van der Waals surface area contributed by atoms with E-state index < -0.39 is 41.4 Å². The van der Waals surface area contributed by atoms with Crippen LogP contribution in [-0.4, -0.2) is 39.0 Å². The van der Waals surface area contributed by atoms with Crippen LogP contribution < -0.4 is 11.0 Å². The number of rotatable bonds is 5. The number of ether oxygens (including phenoxy) is 2. The highest BCUT2D eigenvalue weighted by Crippen LogP contribution is 2.47. The quantitative estimate of drug-likeness (QED) is 0.596. The van der Waals surface area contributed by atoms with E-state index in [0.29, 0.717) is 0 Å². The van der Waals surface area contributed by atoms with Gasteiger partial charge in [0.2, 0.25) is 11.3 Å². The summed E-state index contributed by atoms with van der Waals surface area (Å²) in [5, 5.41) is 0.143. The first kappa shape index (κ1) is 19.9. The molecule has 0 radical (unpaired) electrons. The molecule has 1 N–H and O–H groups in total. The van der Waals surface area contributed by atoms with Crippen molar-refractivity contribution in [1.29, 1.82) is 0 Å². The normalized spacial score (nSPS) is 28.3. The van der Waals surface area contributed by atoms with Crippen molar-refractivity contribution in [3.05, 3.63) is 22.7 Å². The molecule has 2 heterocycles. The lowest BCUT2D eigenvalue weighted by atomic mass is 10.1. The van der Waals surface area contributed by atoms with E-state index in [1.165, 1.54) is 12.3 Å². The van der Waals surface area contributed by atoms with Crippen molar-refractivity contribution >= 4 is 26.9 Å². The molecule has 0 spiro atoms. The van der Waals surface area contributed by atoms with Gasteiger partial charge >= 0.3 is 11.7 Å². The van der Waals surface area contributed by atoms with Crippen LogP contribution in [-0.2, 0) is 19.1 Å². The zero-order valence-electron chi connectivity index (χ0n) is 16.6. The monoisotopic (exact) mass is 402 g/mol. The molecule has 1 aromatic rings. The van der Waals surface area contributed by atoms with Crippen LogP contribution in [0, 0.1) is 11.8 Å². The maximum atomic E-state index is 15.5. The zero-order valence-corrected chi connectivity index (χ0v) is 16.8. The number of hydrogen-bond donors (Lipinski definition) is 1. The van der Waals surface area contributed by atoms with Gasteiger partial charge in [0.15, 0.2) is 12.3 Å². The third-order valence-electron chi connectivity index (χ3n) is 4.03. The lowest BCUT2D eigenvalue weighted by Crippen LogP contribution is -2.42. The Morgan fingerprint density at radius 2 is 2.11 bits per heavy atom. The van der Waals surface area contributed by atoms with Gasteiger partial charge in [0, 0.05) is 13.5 Å². The van der Waals surface area contributed by atoms with Crippen molar-refractivity contribution in [2.75, 3.05) is 5.32 Å². The Hall–Kier alpha value is -1.86. The van der Waals surface area contributed by atoms with Gasteiger partial charge in [-0.05, 0) is 13.0 Å². The molecule has 1 fully saturated rings. The van der Waals surface area contributed by atoms with Crippen LogP contribution in [0.3, 0.4) is 0 Å². The van der Waals surface area contributed by atoms with Gasteiger partial charge in [0.1, 0.15) is 5.82 Å². The Morgan fingerprint density at radius 3 is 2.63 bits per heavy atom. The second-order valence-electron chi connectivity index (χ2n) is 7.01. The highest BCUT2D eigenvalue weighted by molar-refractivity contribution is 7.18. The number of aromatic nitrogens is 2. The first-order valence-electron chi connectivity index (χ1n) is 9.22. The molecule has 1 aromatic heterocycles. The van der Waals surface area contributed by atoms with Gasteiger partial charge in [0.05, 0.1) is 12.0 Å². The van der Waals surface area contributed by atoms with Crippen LogP contribution >= 0.6 is 9.24 Å². The molecule has 0 saturated carbocycles. The maximum absolute atomic E-state index is 15.5. The van der Waals surface area contributed by atoms with Crippen LogP contribution in [0.5, 0.6) is 0 Å². The standard InChI is InChI=1S/C17H25FN3O5P/c1-8(2)13(22)19-11-6-7-21(16(24)20-11)15-17(18,27)12(10(5)25-15)26-14(23)9(3)4/h6-10,12,15H,27H2,1-5H3,(H,19,20,22,24)/t10-,12?,15-,17?/m1/s1/i5D. The van der Waals surface area contributed by atoms with Gasteiger partial charge in [-0.15, -0.1) is 0 Å². The minimum Gasteiger partial charge on any atom is -0.455 e. The molecule has 1 aliphatic heterocycles. The van der Waals surface area contributed by atoms with Gasteiger partial charge in [0.25, 0.3) is 0 Å². The SMILES string of the molecule is [2H]C[C@H]1O[C@@H](n2ccc(NC(=O)C(C)C)nc2=O)C(F)(P)C1OC(=O)C(C)C. The van der Waals surface area contributed by atoms with Crippen LogP contribution in [0.15, 0.2) is 17.1 Å². The highest BCUT2D eigenvalue weighted by atomic mass is 31.0. The minimum atomic E-state index is -2.34. The summed E-state index contributed by atoms with van der Waals surface area (Å²) >= 11 is 0. The summed E-state index contributed by atoms with van der Waals surface area (Å²) in [6, 6.07) is 1.34. The third kappa shape index (κ3) is 4.52. The Morgan fingerprint density at radius 1 is 1.44 bits per heavy atom. The molecule has 0 aliphatic carbocycles. The van der Waals surface area contributed by atoms with Gasteiger partial charge in [-0.2, -0.15) is 4.98 Å². The van der Waals surface area contributed by atoms with Crippen LogP contribution in [0.2, 0.25) is 0 Å². The lowest BCUT2D eigenvalue weighted by molar-refractivity contribution is -0.158. The molecule has 0 bridgehead atoms. The summed E-state index contributed by atoms with van der Waals surface area (Å²) in [7, 11) is 1.92. The van der Waals surface area contributed by atoms with Gasteiger partial charge < -0.3 is 14.8 Å². The maximum Gasteiger partial charge on any atom is 0.351 e. The first-order valence-corrected chi connectivity index (χ1v) is 9.09. The van der Waals surface area contributed by atoms with Crippen molar-refractivity contribution in [3.8, 4) is 0 Å². The Bertz CT molecular complexity index is 801. The molecule has 3 unspecified atom stereocenters. The highest BCUT2D eigenvalue weighted by Gasteiger charge is 2.57. The number of esters is 1. The Balaban J connectivity index is 2.30. The number of hydrogen-bond acceptors (Lipinski definition) is 6. The fourth-order valence-corrected chi connectivity index (χ4v) is 2.93. The summed E-state index contributed by atoms with van der Waals surface area (Å²) in [6.07, 6.45) is -2.65. The van der Waals surface area contributed by atoms with E-state index in [1.807, 2.05) is 9.24 Å². The molecular formula is C17H25FN3O5P. The second-order valence-corrected chi connectivity index (χ2v) is 7.90. The van der Waals surface area contributed by atoms with Crippen molar-refractivity contribution < 1.29 is 24.8 Å². The largest absolute Gasteiger partial charge is 0.455 e. The fraction of sp³-hybridized carbons (Fsp3) is 0.647. The molecular weight excluding hydrogens is 376 g/mol. The van der Waals surface area contributed by atoms with E-state index in [4.69, 9.17) is 10.8 Å². The first-order chi connectivity index (χ1) is 13.0. The van der Waals surface area contributed by atoms with Crippen LogP contribution in [0.25, 0.3) is 0 Å². The topological polar surface area (TPSA) is 99.5 Å². The number of nitrogens with one attached hydrogen (secondary N) is 1. The van der Waals surface area contributed by atoms with E-state index in [1.54, 1.807) is 27.7 Å². The van der Waals surface area contributed by atoms with E-state index in [-0.39, 0.29) is 24.5 Å². The van der Waals surface area contributed by atoms with Crippen molar-refractivity contribution in [3.63, 3.8) is 0 Å².